The lowest BCUT2D eigenvalue weighted by molar-refractivity contribution is -0.115. The number of nitrogens with zero attached hydrogens (tertiary/aromatic N) is 2. The fourth-order valence-electron chi connectivity index (χ4n) is 0.995. The first-order valence-corrected chi connectivity index (χ1v) is 7.42. The minimum absolute atomic E-state index is 0.113. The van der Waals surface area contributed by atoms with Crippen LogP contribution in [0, 0.1) is 0 Å². The highest BCUT2D eigenvalue weighted by Gasteiger charge is 2.28. The predicted molar refractivity (Wildman–Crippen MR) is 55.3 cm³/mol. The first kappa shape index (κ1) is 14.0. The molecule has 0 aliphatic rings. The summed E-state index contributed by atoms with van der Waals surface area (Å²) in [6.45, 7) is 2.22. The molecule has 1 amide bonds. The number of amidine groups is 1. The Balaban J connectivity index is 5.66. The first-order valence-electron chi connectivity index (χ1n) is 3.72. The Bertz CT molecular complexity index is 456. The zero-order valence-electron chi connectivity index (χ0n) is 8.75. The van der Waals surface area contributed by atoms with Gasteiger partial charge in [-0.05, 0) is 6.92 Å². The number of carbonyl (C=O) groups excluding carboxylic acids is 1. The molecular formula is C6H12N2O5S2. The number of sulfonamides is 2. The number of carbonyl (C=O) groups is 1. The Morgan fingerprint density at radius 3 is 1.53 bits per heavy atom. The van der Waals surface area contributed by atoms with Crippen LogP contribution in [0.25, 0.3) is 0 Å². The molecule has 0 N–H and O–H groups in total. The van der Waals surface area contributed by atoms with Crippen LogP contribution >= 0.6 is 0 Å². The van der Waals surface area contributed by atoms with Gasteiger partial charge in [0.05, 0.1) is 12.5 Å². The second-order valence-electron chi connectivity index (χ2n) is 2.90. The Morgan fingerprint density at radius 2 is 1.33 bits per heavy atom. The summed E-state index contributed by atoms with van der Waals surface area (Å²) in [7, 11) is -8.01. The van der Waals surface area contributed by atoms with E-state index in [2.05, 4.69) is 4.99 Å². The number of aliphatic imine (C=N–C) groups is 1. The molecule has 0 saturated carbocycles. The number of rotatable bonds is 2. The lowest BCUT2D eigenvalue weighted by atomic mass is 10.6. The summed E-state index contributed by atoms with van der Waals surface area (Å²) in [4.78, 5) is 13.9. The molecule has 0 heterocycles. The van der Waals surface area contributed by atoms with E-state index in [1.807, 2.05) is 0 Å². The number of amides is 1. The van der Waals surface area contributed by atoms with Crippen LogP contribution < -0.4 is 0 Å². The van der Waals surface area contributed by atoms with E-state index in [-0.39, 0.29) is 3.71 Å². The molecule has 0 bridgehead atoms. The SMILES string of the molecule is CC(=O)N=C(C)N(S(C)(=O)=O)S(C)(=O)=O. The van der Waals surface area contributed by atoms with Gasteiger partial charge in [-0.15, -0.1) is 0 Å². The van der Waals surface area contributed by atoms with Crippen molar-refractivity contribution in [1.29, 1.82) is 0 Å². The second-order valence-corrected chi connectivity index (χ2v) is 6.79. The lowest BCUT2D eigenvalue weighted by Crippen LogP contribution is -2.39. The van der Waals surface area contributed by atoms with E-state index in [0.29, 0.717) is 12.5 Å². The minimum Gasteiger partial charge on any atom is -0.273 e. The van der Waals surface area contributed by atoms with Gasteiger partial charge in [0.1, 0.15) is 5.84 Å². The van der Waals surface area contributed by atoms with E-state index >= 15 is 0 Å². The number of hydrogen-bond donors (Lipinski definition) is 0. The summed E-state index contributed by atoms with van der Waals surface area (Å²) in [6.07, 6.45) is 1.43. The van der Waals surface area contributed by atoms with Gasteiger partial charge in [-0.1, -0.05) is 0 Å². The van der Waals surface area contributed by atoms with Crippen molar-refractivity contribution in [2.75, 3.05) is 12.5 Å². The fourth-order valence-corrected chi connectivity index (χ4v) is 4.00. The Kier molecular flexibility index (Phi) is 4.00. The highest BCUT2D eigenvalue weighted by atomic mass is 32.3. The average molecular weight is 256 g/mol. The van der Waals surface area contributed by atoms with Crippen LogP contribution in [0.5, 0.6) is 0 Å². The summed E-state index contributed by atoms with van der Waals surface area (Å²) >= 11 is 0. The summed E-state index contributed by atoms with van der Waals surface area (Å²) in [6, 6.07) is 0. The standard InChI is InChI=1S/C6H12N2O5S2/c1-5(7-6(2)9)8(14(3,10)11)15(4,12)13/h1-4H3. The Morgan fingerprint density at radius 1 is 1.00 bits per heavy atom. The molecule has 0 spiro atoms. The average Bonchev–Trinajstić information content (AvgIpc) is 1.74. The van der Waals surface area contributed by atoms with Gasteiger partial charge in [0.15, 0.2) is 0 Å². The molecule has 0 saturated heterocycles. The van der Waals surface area contributed by atoms with Gasteiger partial charge in [0, 0.05) is 6.92 Å². The molecule has 0 aromatic heterocycles. The molecule has 0 unspecified atom stereocenters. The van der Waals surface area contributed by atoms with Gasteiger partial charge in [-0.3, -0.25) is 4.79 Å². The highest BCUT2D eigenvalue weighted by molar-refractivity contribution is 8.04. The van der Waals surface area contributed by atoms with Crippen molar-refractivity contribution in [1.82, 2.24) is 3.71 Å². The van der Waals surface area contributed by atoms with Crippen molar-refractivity contribution in [3.05, 3.63) is 0 Å². The van der Waals surface area contributed by atoms with E-state index < -0.39 is 31.8 Å². The van der Waals surface area contributed by atoms with Crippen LogP contribution in [0.4, 0.5) is 0 Å². The maximum absolute atomic E-state index is 11.2. The third kappa shape index (κ3) is 4.38. The van der Waals surface area contributed by atoms with Crippen molar-refractivity contribution in [2.45, 2.75) is 13.8 Å². The third-order valence-electron chi connectivity index (χ3n) is 1.19. The van der Waals surface area contributed by atoms with Crippen molar-refractivity contribution in [2.24, 2.45) is 4.99 Å². The maximum Gasteiger partial charge on any atom is 0.246 e. The van der Waals surface area contributed by atoms with Gasteiger partial charge >= 0.3 is 0 Å². The molecule has 0 fully saturated rings. The summed E-state index contributed by atoms with van der Waals surface area (Å²) in [5.74, 6) is -1.07. The Labute approximate surface area is 88.9 Å². The first-order chi connectivity index (χ1) is 6.46. The summed E-state index contributed by atoms with van der Waals surface area (Å²) in [5.41, 5.74) is 0. The molecule has 0 rings (SSSR count). The molecule has 15 heavy (non-hydrogen) atoms. The van der Waals surface area contributed by atoms with Gasteiger partial charge < -0.3 is 0 Å². The van der Waals surface area contributed by atoms with Crippen LogP contribution in [0.3, 0.4) is 0 Å². The fraction of sp³-hybridized carbons (Fsp3) is 0.667. The van der Waals surface area contributed by atoms with Gasteiger partial charge in [0.25, 0.3) is 0 Å². The zero-order valence-corrected chi connectivity index (χ0v) is 10.4. The molecule has 0 aliphatic heterocycles. The zero-order chi connectivity index (χ0) is 12.4. The van der Waals surface area contributed by atoms with Gasteiger partial charge in [0.2, 0.25) is 26.0 Å². The monoisotopic (exact) mass is 256 g/mol. The molecular weight excluding hydrogens is 244 g/mol. The summed E-state index contributed by atoms with van der Waals surface area (Å²) < 4.78 is 44.7. The van der Waals surface area contributed by atoms with Crippen molar-refractivity contribution >= 4 is 31.8 Å². The Hall–Kier alpha value is -0.960. The van der Waals surface area contributed by atoms with Gasteiger partial charge in [-0.2, -0.15) is 8.70 Å². The van der Waals surface area contributed by atoms with Crippen LogP contribution in [-0.4, -0.2) is 44.8 Å². The topological polar surface area (TPSA) is 101 Å². The molecule has 0 aliphatic carbocycles. The van der Waals surface area contributed by atoms with Gasteiger partial charge in [-0.25, -0.2) is 16.8 Å². The van der Waals surface area contributed by atoms with Crippen molar-refractivity contribution < 1.29 is 21.6 Å². The normalized spacial score (nSPS) is 13.7. The third-order valence-corrected chi connectivity index (χ3v) is 4.54. The minimum atomic E-state index is -4.01. The number of hydrogen-bond acceptors (Lipinski definition) is 5. The van der Waals surface area contributed by atoms with E-state index in [1.165, 1.54) is 0 Å². The molecule has 7 nitrogen and oxygen atoms in total. The maximum atomic E-state index is 11.2. The molecule has 88 valence electrons. The van der Waals surface area contributed by atoms with Crippen molar-refractivity contribution in [3.63, 3.8) is 0 Å². The smallest absolute Gasteiger partial charge is 0.246 e. The van der Waals surface area contributed by atoms with E-state index in [1.54, 1.807) is 0 Å². The van der Waals surface area contributed by atoms with E-state index in [4.69, 9.17) is 0 Å². The lowest BCUT2D eigenvalue weighted by Gasteiger charge is -2.18. The summed E-state index contributed by atoms with van der Waals surface area (Å²) in [5, 5.41) is 0. The van der Waals surface area contributed by atoms with E-state index in [0.717, 1.165) is 13.8 Å². The molecule has 0 aromatic carbocycles. The van der Waals surface area contributed by atoms with Crippen molar-refractivity contribution in [3.8, 4) is 0 Å². The van der Waals surface area contributed by atoms with E-state index in [9.17, 15) is 21.6 Å². The van der Waals surface area contributed by atoms with Crippen LogP contribution in [0.1, 0.15) is 13.8 Å². The molecule has 0 radical (unpaired) electrons. The van der Waals surface area contributed by atoms with Crippen LogP contribution in [-0.2, 0) is 24.8 Å². The van der Waals surface area contributed by atoms with Crippen LogP contribution in [0.15, 0.2) is 4.99 Å². The molecule has 9 heteroatoms. The predicted octanol–water partition coefficient (Wildman–Crippen LogP) is -0.827. The largest absolute Gasteiger partial charge is 0.273 e. The molecule has 0 atom stereocenters. The molecule has 0 aromatic rings. The quantitative estimate of drug-likeness (QED) is 0.474. The highest BCUT2D eigenvalue weighted by Crippen LogP contribution is 2.06. The second kappa shape index (κ2) is 4.27. The van der Waals surface area contributed by atoms with Crippen LogP contribution in [0.2, 0.25) is 0 Å².